The SMILES string of the molecule is CN(CCc1cccs1)c1ccccc1CCl. The van der Waals surface area contributed by atoms with Crippen molar-refractivity contribution in [3.63, 3.8) is 0 Å². The molecule has 3 heteroatoms. The highest BCUT2D eigenvalue weighted by Gasteiger charge is 2.06. The number of alkyl halides is 1. The number of hydrogen-bond acceptors (Lipinski definition) is 2. The van der Waals surface area contributed by atoms with Gasteiger partial charge in [-0.05, 0) is 29.5 Å². The van der Waals surface area contributed by atoms with E-state index in [1.54, 1.807) is 0 Å². The molecule has 0 saturated heterocycles. The van der Waals surface area contributed by atoms with Crippen LogP contribution >= 0.6 is 22.9 Å². The lowest BCUT2D eigenvalue weighted by Gasteiger charge is -2.21. The van der Waals surface area contributed by atoms with Crippen molar-refractivity contribution in [2.24, 2.45) is 0 Å². The molecular weight excluding hydrogens is 250 g/mol. The number of likely N-dealkylation sites (N-methyl/N-ethyl adjacent to an activating group) is 1. The van der Waals surface area contributed by atoms with Crippen molar-refractivity contribution in [1.82, 2.24) is 0 Å². The standard InChI is InChI=1S/C14H16ClNS/c1-16(9-8-13-6-4-10-17-13)14-7-3-2-5-12(14)11-15/h2-7,10H,8-9,11H2,1H3. The predicted octanol–water partition coefficient (Wildman–Crippen LogP) is 4.17. The molecule has 1 aromatic carbocycles. The molecule has 2 aromatic rings. The maximum absolute atomic E-state index is 5.95. The summed E-state index contributed by atoms with van der Waals surface area (Å²) in [6, 6.07) is 12.6. The molecule has 0 fully saturated rings. The second kappa shape index (κ2) is 6.08. The van der Waals surface area contributed by atoms with Gasteiger partial charge < -0.3 is 4.90 Å². The van der Waals surface area contributed by atoms with Crippen molar-refractivity contribution in [2.75, 3.05) is 18.5 Å². The van der Waals surface area contributed by atoms with E-state index in [4.69, 9.17) is 11.6 Å². The van der Waals surface area contributed by atoms with Crippen LogP contribution in [0.4, 0.5) is 5.69 Å². The Kier molecular flexibility index (Phi) is 4.46. The predicted molar refractivity (Wildman–Crippen MR) is 77.3 cm³/mol. The quantitative estimate of drug-likeness (QED) is 0.734. The number of anilines is 1. The van der Waals surface area contributed by atoms with Gasteiger partial charge in [0, 0.05) is 30.0 Å². The first kappa shape index (κ1) is 12.5. The molecule has 0 spiro atoms. The van der Waals surface area contributed by atoms with Crippen molar-refractivity contribution in [1.29, 1.82) is 0 Å². The fraction of sp³-hybridized carbons (Fsp3) is 0.286. The molecule has 1 heterocycles. The second-order valence-corrected chi connectivity index (χ2v) is 5.31. The van der Waals surface area contributed by atoms with Gasteiger partial charge in [0.05, 0.1) is 0 Å². The monoisotopic (exact) mass is 265 g/mol. The topological polar surface area (TPSA) is 3.24 Å². The Balaban J connectivity index is 2.01. The normalized spacial score (nSPS) is 10.5. The van der Waals surface area contributed by atoms with E-state index >= 15 is 0 Å². The molecule has 0 aliphatic heterocycles. The molecule has 1 nitrogen and oxygen atoms in total. The summed E-state index contributed by atoms with van der Waals surface area (Å²) in [6.45, 7) is 1.02. The molecule has 0 aliphatic carbocycles. The van der Waals surface area contributed by atoms with Gasteiger partial charge in [-0.15, -0.1) is 22.9 Å². The molecule has 90 valence electrons. The number of para-hydroxylation sites is 1. The lowest BCUT2D eigenvalue weighted by Crippen LogP contribution is -2.21. The van der Waals surface area contributed by atoms with E-state index in [0.29, 0.717) is 5.88 Å². The lowest BCUT2D eigenvalue weighted by atomic mass is 10.2. The summed E-state index contributed by atoms with van der Waals surface area (Å²) < 4.78 is 0. The fourth-order valence-electron chi connectivity index (χ4n) is 1.85. The number of thiophene rings is 1. The van der Waals surface area contributed by atoms with Crippen molar-refractivity contribution in [2.45, 2.75) is 12.3 Å². The van der Waals surface area contributed by atoms with Gasteiger partial charge in [0.25, 0.3) is 0 Å². The lowest BCUT2D eigenvalue weighted by molar-refractivity contribution is 0.882. The summed E-state index contributed by atoms with van der Waals surface area (Å²) in [4.78, 5) is 3.71. The van der Waals surface area contributed by atoms with Crippen molar-refractivity contribution in [3.8, 4) is 0 Å². The first-order valence-corrected chi connectivity index (χ1v) is 7.10. The zero-order valence-electron chi connectivity index (χ0n) is 9.90. The highest BCUT2D eigenvalue weighted by molar-refractivity contribution is 7.09. The third kappa shape index (κ3) is 3.24. The third-order valence-corrected chi connectivity index (χ3v) is 4.04. The first-order valence-electron chi connectivity index (χ1n) is 5.68. The van der Waals surface area contributed by atoms with Crippen LogP contribution in [0.5, 0.6) is 0 Å². The number of benzene rings is 1. The number of rotatable bonds is 5. The molecule has 17 heavy (non-hydrogen) atoms. The van der Waals surface area contributed by atoms with Crippen LogP contribution in [0.15, 0.2) is 41.8 Å². The molecule has 0 amide bonds. The maximum Gasteiger partial charge on any atom is 0.0494 e. The largest absolute Gasteiger partial charge is 0.374 e. The average Bonchev–Trinajstić information content (AvgIpc) is 2.89. The average molecular weight is 266 g/mol. The Morgan fingerprint density at radius 3 is 2.71 bits per heavy atom. The molecule has 2 rings (SSSR count). The molecule has 0 unspecified atom stereocenters. The van der Waals surface area contributed by atoms with Gasteiger partial charge in [-0.2, -0.15) is 0 Å². The van der Waals surface area contributed by atoms with Gasteiger partial charge in [0.15, 0.2) is 0 Å². The minimum absolute atomic E-state index is 0.569. The molecule has 0 saturated carbocycles. The minimum Gasteiger partial charge on any atom is -0.374 e. The Bertz CT molecular complexity index is 453. The number of halogens is 1. The van der Waals surface area contributed by atoms with Crippen LogP contribution in [0.2, 0.25) is 0 Å². The molecule has 0 N–H and O–H groups in total. The zero-order valence-corrected chi connectivity index (χ0v) is 11.5. The highest BCUT2D eigenvalue weighted by Crippen LogP contribution is 2.21. The van der Waals surface area contributed by atoms with Gasteiger partial charge in [0.2, 0.25) is 0 Å². The van der Waals surface area contributed by atoms with Crippen LogP contribution in [0, 0.1) is 0 Å². The molecular formula is C14H16ClNS. The van der Waals surface area contributed by atoms with E-state index < -0.39 is 0 Å². The van der Waals surface area contributed by atoms with E-state index in [-0.39, 0.29) is 0 Å². The summed E-state index contributed by atoms with van der Waals surface area (Å²) in [5.74, 6) is 0.569. The van der Waals surface area contributed by atoms with Crippen LogP contribution < -0.4 is 4.90 Å². The van der Waals surface area contributed by atoms with Crippen LogP contribution in [0.1, 0.15) is 10.4 Å². The van der Waals surface area contributed by atoms with E-state index in [2.05, 4.69) is 47.7 Å². The zero-order chi connectivity index (χ0) is 12.1. The van der Waals surface area contributed by atoms with E-state index in [9.17, 15) is 0 Å². The minimum atomic E-state index is 0.569. The van der Waals surface area contributed by atoms with Crippen LogP contribution in [-0.2, 0) is 12.3 Å². The highest BCUT2D eigenvalue weighted by atomic mass is 35.5. The van der Waals surface area contributed by atoms with Gasteiger partial charge in [-0.25, -0.2) is 0 Å². The second-order valence-electron chi connectivity index (χ2n) is 4.01. The van der Waals surface area contributed by atoms with Crippen LogP contribution in [-0.4, -0.2) is 13.6 Å². The fourth-order valence-corrected chi connectivity index (χ4v) is 2.77. The summed E-state index contributed by atoms with van der Waals surface area (Å²) in [6.07, 6.45) is 1.09. The smallest absolute Gasteiger partial charge is 0.0494 e. The Hall–Kier alpha value is -0.990. The first-order chi connectivity index (χ1) is 8.31. The van der Waals surface area contributed by atoms with E-state index in [1.807, 2.05) is 17.4 Å². The number of nitrogens with zero attached hydrogens (tertiary/aromatic N) is 1. The maximum atomic E-state index is 5.95. The van der Waals surface area contributed by atoms with Crippen molar-refractivity contribution in [3.05, 3.63) is 52.2 Å². The Morgan fingerprint density at radius 1 is 1.18 bits per heavy atom. The van der Waals surface area contributed by atoms with Crippen molar-refractivity contribution >= 4 is 28.6 Å². The molecule has 0 aliphatic rings. The summed E-state index contributed by atoms with van der Waals surface area (Å²) in [5, 5.41) is 2.13. The van der Waals surface area contributed by atoms with Gasteiger partial charge in [-0.1, -0.05) is 24.3 Å². The van der Waals surface area contributed by atoms with Gasteiger partial charge >= 0.3 is 0 Å². The summed E-state index contributed by atoms with van der Waals surface area (Å²) in [7, 11) is 2.12. The van der Waals surface area contributed by atoms with Crippen LogP contribution in [0.3, 0.4) is 0 Å². The third-order valence-electron chi connectivity index (χ3n) is 2.82. The van der Waals surface area contributed by atoms with Gasteiger partial charge in [-0.3, -0.25) is 0 Å². The summed E-state index contributed by atoms with van der Waals surface area (Å²) in [5.41, 5.74) is 2.43. The summed E-state index contributed by atoms with van der Waals surface area (Å²) >= 11 is 7.77. The van der Waals surface area contributed by atoms with Crippen LogP contribution in [0.25, 0.3) is 0 Å². The number of hydrogen-bond donors (Lipinski definition) is 0. The molecule has 0 radical (unpaired) electrons. The van der Waals surface area contributed by atoms with E-state index in [1.165, 1.54) is 16.1 Å². The van der Waals surface area contributed by atoms with E-state index in [0.717, 1.165) is 13.0 Å². The Morgan fingerprint density at radius 2 is 2.00 bits per heavy atom. The Labute approximate surface area is 112 Å². The molecule has 0 atom stereocenters. The van der Waals surface area contributed by atoms with Crippen molar-refractivity contribution < 1.29 is 0 Å². The molecule has 1 aromatic heterocycles. The van der Waals surface area contributed by atoms with Gasteiger partial charge in [0.1, 0.15) is 0 Å². The molecule has 0 bridgehead atoms.